The number of benzene rings is 3. The summed E-state index contributed by atoms with van der Waals surface area (Å²) in [6.45, 7) is 6.53. The van der Waals surface area contributed by atoms with Gasteiger partial charge in [0.05, 0.1) is 24.9 Å². The monoisotopic (exact) mass is 1080 g/mol. The predicted octanol–water partition coefficient (Wildman–Crippen LogP) is -1.11. The van der Waals surface area contributed by atoms with Crippen LogP contribution in [0.15, 0.2) is 77.8 Å². The van der Waals surface area contributed by atoms with Gasteiger partial charge in [-0.3, -0.25) is 33.6 Å². The number of aliphatic imine (C=N–C) groups is 1. The number of phenols is 1. The molecule has 3 aromatic rings. The van der Waals surface area contributed by atoms with Crippen LogP contribution in [-0.2, 0) is 35.2 Å². The Balaban J connectivity index is 1.08. The Hall–Kier alpha value is -7.70. The highest BCUT2D eigenvalue weighted by atomic mass is 16.5. The molecule has 422 valence electrons. The maximum absolute atomic E-state index is 14.4. The number of carbonyl (C=O) groups excluding carboxylic acids is 7. The number of phenolic OH excluding ortho intramolecular Hbond substituents is 1. The number of anilines is 2. The zero-order valence-corrected chi connectivity index (χ0v) is 44.2. The van der Waals surface area contributed by atoms with Gasteiger partial charge >= 0.3 is 0 Å². The molecule has 0 spiro atoms. The molecule has 4 heterocycles. The molecule has 0 radical (unpaired) electrons. The summed E-state index contributed by atoms with van der Waals surface area (Å²) < 4.78 is 5.88. The van der Waals surface area contributed by atoms with Crippen molar-refractivity contribution in [2.45, 2.75) is 126 Å². The molecule has 78 heavy (non-hydrogen) atoms. The molecule has 0 aliphatic carbocycles. The number of nitrogens with two attached hydrogens (primary N) is 3. The van der Waals surface area contributed by atoms with Crippen LogP contribution < -0.4 is 58.3 Å². The number of rotatable bonds is 14. The maximum atomic E-state index is 14.4. The largest absolute Gasteiger partial charge is 0.508 e. The Morgan fingerprint density at radius 2 is 1.41 bits per heavy atom. The minimum atomic E-state index is -1.73. The molecular weight excluding hydrogens is 1010 g/mol. The average Bonchev–Trinajstić information content (AvgIpc) is 4.09. The van der Waals surface area contributed by atoms with E-state index < -0.39 is 96.0 Å². The number of aliphatic hydroxyl groups is 2. The lowest BCUT2D eigenvalue weighted by Crippen LogP contribution is -2.61. The molecule has 0 aromatic heterocycles. The van der Waals surface area contributed by atoms with E-state index in [-0.39, 0.29) is 75.4 Å². The standard InChI is InChI=1S/C54H75N13O11/c1-3-4-5-27-78-40-19-15-37(16-20-40)65-25-23-64(24-26-65)36-13-11-34(12-14-36)47(71)60-41-7-6-22-58-50(74)43-28-35(59-54(56)57)30-66(43)53(77)46(55)63-49(73)42(21-10-33-8-17-38(69)18-9-33)61-51(75)44-29-39(70)31-67(44)52(76)45(32(2)68)62-48(41)72/h8-9,11-20,32,35,39,41-46,68-70H,3-7,10,21-31,55H2,1-2H3,(H,58,74)(H,60,71)(H,61,75)(H,62,72)(H,63,73)(H4,56,57,59)/t32-,35?,39-,41?,42?,43?,44?,45?,46?/m1/s1. The quantitative estimate of drug-likeness (QED) is 0.0518. The molecular formula is C54H75N13O11. The molecule has 4 saturated heterocycles. The third kappa shape index (κ3) is 15.3. The fourth-order valence-corrected chi connectivity index (χ4v) is 10.2. The van der Waals surface area contributed by atoms with Gasteiger partial charge in [0.1, 0.15) is 41.7 Å². The molecule has 3 aromatic carbocycles. The first kappa shape index (κ1) is 58.0. The van der Waals surface area contributed by atoms with Crippen molar-refractivity contribution in [3.63, 3.8) is 0 Å². The van der Waals surface area contributed by atoms with E-state index in [2.05, 4.69) is 60.4 Å². The van der Waals surface area contributed by atoms with Crippen LogP contribution in [0.4, 0.5) is 11.4 Å². The Labute approximate surface area is 453 Å². The van der Waals surface area contributed by atoms with E-state index in [1.807, 2.05) is 24.3 Å². The third-order valence-electron chi connectivity index (χ3n) is 14.5. The number of ether oxygens (including phenoxy) is 1. The number of hydrogen-bond donors (Lipinski definition) is 11. The molecule has 0 saturated carbocycles. The Morgan fingerprint density at radius 3 is 2.04 bits per heavy atom. The highest BCUT2D eigenvalue weighted by molar-refractivity contribution is 6.00. The summed E-state index contributed by atoms with van der Waals surface area (Å²) in [6.07, 6.45) is -1.39. The van der Waals surface area contributed by atoms with Crippen molar-refractivity contribution in [3.8, 4) is 11.5 Å². The lowest BCUT2D eigenvalue weighted by molar-refractivity contribution is -0.145. The number of aromatic hydroxyl groups is 1. The molecule has 4 aliphatic rings. The summed E-state index contributed by atoms with van der Waals surface area (Å²) in [6, 6.07) is 13.5. The van der Waals surface area contributed by atoms with Gasteiger partial charge in [0.25, 0.3) is 11.8 Å². The second kappa shape index (κ2) is 27.1. The fourth-order valence-electron chi connectivity index (χ4n) is 10.2. The van der Waals surface area contributed by atoms with Crippen molar-refractivity contribution in [2.24, 2.45) is 22.2 Å². The second-order valence-electron chi connectivity index (χ2n) is 20.4. The van der Waals surface area contributed by atoms with E-state index in [4.69, 9.17) is 21.9 Å². The van der Waals surface area contributed by atoms with Crippen LogP contribution in [0.2, 0.25) is 0 Å². The number of nitrogens with zero attached hydrogens (tertiary/aromatic N) is 5. The van der Waals surface area contributed by atoms with Crippen LogP contribution in [0.3, 0.4) is 0 Å². The smallest absolute Gasteiger partial charge is 0.260 e. The Morgan fingerprint density at radius 1 is 0.782 bits per heavy atom. The average molecular weight is 1080 g/mol. The third-order valence-corrected chi connectivity index (χ3v) is 14.5. The van der Waals surface area contributed by atoms with E-state index in [0.29, 0.717) is 12.2 Å². The number of guanidine groups is 1. The highest BCUT2D eigenvalue weighted by Gasteiger charge is 2.45. The van der Waals surface area contributed by atoms with Gasteiger partial charge in [-0.2, -0.15) is 0 Å². The highest BCUT2D eigenvalue weighted by Crippen LogP contribution is 2.26. The van der Waals surface area contributed by atoms with Crippen molar-refractivity contribution < 1.29 is 53.6 Å². The van der Waals surface area contributed by atoms with Crippen LogP contribution in [0.25, 0.3) is 0 Å². The lowest BCUT2D eigenvalue weighted by atomic mass is 10.0. The van der Waals surface area contributed by atoms with Crippen molar-refractivity contribution >= 4 is 58.7 Å². The maximum Gasteiger partial charge on any atom is 0.260 e. The minimum absolute atomic E-state index is 0.00406. The van der Waals surface area contributed by atoms with Gasteiger partial charge in [-0.1, -0.05) is 31.9 Å². The molecule has 9 atom stereocenters. The number of aryl methyl sites for hydroxylation is 1. The number of carbonyl (C=O) groups is 7. The van der Waals surface area contributed by atoms with Gasteiger partial charge in [0, 0.05) is 75.6 Å². The first-order valence-corrected chi connectivity index (χ1v) is 26.8. The second-order valence-corrected chi connectivity index (χ2v) is 20.4. The van der Waals surface area contributed by atoms with Crippen molar-refractivity contribution in [1.82, 2.24) is 36.4 Å². The van der Waals surface area contributed by atoms with Gasteiger partial charge < -0.3 is 83.4 Å². The number of nitrogens with one attached hydrogen (secondary N) is 5. The van der Waals surface area contributed by atoms with Crippen LogP contribution in [-0.4, -0.2) is 179 Å². The zero-order valence-electron chi connectivity index (χ0n) is 44.2. The molecule has 24 nitrogen and oxygen atoms in total. The lowest BCUT2D eigenvalue weighted by Gasteiger charge is -2.37. The number of unbranched alkanes of at least 4 members (excludes halogenated alkanes) is 2. The van der Waals surface area contributed by atoms with Gasteiger partial charge in [-0.25, -0.2) is 4.99 Å². The number of fused-ring (bicyclic) bond motifs is 2. The van der Waals surface area contributed by atoms with E-state index in [9.17, 15) is 48.9 Å². The van der Waals surface area contributed by atoms with E-state index in [1.54, 1.807) is 24.3 Å². The SMILES string of the molecule is CCCCCOc1ccc(N2CCN(c3ccc(C(=O)NC4CCCNC(=O)C5CC(N=C(N)N)CN5C(=O)C(N)NC(=O)C(CCc5ccc(O)cc5)NC(=O)C5C[C@@H](O)CN5C(=O)C([C@@H](C)O)NC4=O)cc3)CC2)cc1. The molecule has 4 aliphatic heterocycles. The first-order valence-electron chi connectivity index (χ1n) is 26.8. The van der Waals surface area contributed by atoms with Crippen LogP contribution in [0.1, 0.15) is 81.1 Å². The summed E-state index contributed by atoms with van der Waals surface area (Å²) >= 11 is 0. The van der Waals surface area contributed by atoms with Gasteiger partial charge in [-0.15, -0.1) is 0 Å². The van der Waals surface area contributed by atoms with Crippen molar-refractivity contribution in [2.75, 3.05) is 62.2 Å². The number of amides is 7. The van der Waals surface area contributed by atoms with Crippen molar-refractivity contribution in [1.29, 1.82) is 0 Å². The van der Waals surface area contributed by atoms with Gasteiger partial charge in [0.15, 0.2) is 12.1 Å². The number of aliphatic hydroxyl groups excluding tert-OH is 2. The first-order chi connectivity index (χ1) is 37.4. The van der Waals surface area contributed by atoms with E-state index >= 15 is 0 Å². The van der Waals surface area contributed by atoms with Crippen LogP contribution in [0, 0.1) is 0 Å². The van der Waals surface area contributed by atoms with E-state index in [1.165, 1.54) is 19.1 Å². The minimum Gasteiger partial charge on any atom is -0.508 e. The summed E-state index contributed by atoms with van der Waals surface area (Å²) in [7, 11) is 0. The fraction of sp³-hybridized carbons (Fsp3) is 0.519. The Bertz CT molecular complexity index is 2590. The summed E-state index contributed by atoms with van der Waals surface area (Å²) in [5.41, 5.74) is 20.6. The topological polar surface area (TPSA) is 353 Å². The molecule has 4 fully saturated rings. The van der Waals surface area contributed by atoms with Gasteiger partial charge in [-0.05, 0) is 105 Å². The number of hydrogen-bond acceptors (Lipinski definition) is 15. The molecule has 7 amide bonds. The normalized spacial score (nSPS) is 25.3. The Kier molecular flexibility index (Phi) is 20.1. The zero-order chi connectivity index (χ0) is 56.0. The van der Waals surface area contributed by atoms with Crippen LogP contribution >= 0.6 is 0 Å². The summed E-state index contributed by atoms with van der Waals surface area (Å²) in [5, 5.41) is 45.0. The molecule has 24 heteroatoms. The molecule has 7 unspecified atom stereocenters. The van der Waals surface area contributed by atoms with Crippen LogP contribution in [0.5, 0.6) is 11.5 Å². The van der Waals surface area contributed by atoms with Gasteiger partial charge in [0.2, 0.25) is 29.5 Å². The number of piperazine rings is 1. The molecule has 7 rings (SSSR count). The summed E-state index contributed by atoms with van der Waals surface area (Å²) in [5.74, 6) is -5.07. The molecule has 14 N–H and O–H groups in total. The summed E-state index contributed by atoms with van der Waals surface area (Å²) in [4.78, 5) is 110. The van der Waals surface area contributed by atoms with Crippen molar-refractivity contribution in [3.05, 3.63) is 83.9 Å². The van der Waals surface area contributed by atoms with E-state index in [0.717, 1.165) is 72.4 Å². The predicted molar refractivity (Wildman–Crippen MR) is 290 cm³/mol. The molecule has 0 bridgehead atoms.